The summed E-state index contributed by atoms with van der Waals surface area (Å²) in [6.07, 6.45) is 5.04. The number of aromatic nitrogens is 1. The average molecular weight is 257 g/mol. The minimum absolute atomic E-state index is 0.585. The molecule has 0 spiro atoms. The summed E-state index contributed by atoms with van der Waals surface area (Å²) >= 11 is 3.62. The molecule has 0 saturated heterocycles. The third-order valence-corrected chi connectivity index (χ3v) is 3.58. The quantitative estimate of drug-likeness (QED) is 0.842. The summed E-state index contributed by atoms with van der Waals surface area (Å²) in [5, 5.41) is 0. The Hall–Kier alpha value is -0.570. The van der Waals surface area contributed by atoms with E-state index in [0.29, 0.717) is 10.6 Å². The van der Waals surface area contributed by atoms with Crippen molar-refractivity contribution in [3.63, 3.8) is 0 Å². The Morgan fingerprint density at radius 3 is 2.86 bits per heavy atom. The van der Waals surface area contributed by atoms with Crippen LogP contribution in [0.3, 0.4) is 0 Å². The number of hydrogen-bond donors (Lipinski definition) is 1. The number of aryl methyl sites for hydroxylation is 1. The van der Waals surface area contributed by atoms with Crippen molar-refractivity contribution in [2.75, 3.05) is 5.73 Å². The second-order valence-electron chi connectivity index (χ2n) is 3.54. The number of nitrogens with zero attached hydrogens (tertiary/aromatic N) is 1. The van der Waals surface area contributed by atoms with Crippen molar-refractivity contribution in [2.45, 2.75) is 37.9 Å². The van der Waals surface area contributed by atoms with Crippen LogP contribution < -0.4 is 5.73 Å². The van der Waals surface area contributed by atoms with Gasteiger partial charge < -0.3 is 5.73 Å². The van der Waals surface area contributed by atoms with Crippen LogP contribution in [0.25, 0.3) is 0 Å². The molecule has 0 amide bonds. The molecule has 0 aromatic carbocycles. The van der Waals surface area contributed by atoms with E-state index in [1.54, 1.807) is 6.20 Å². The number of nitrogen functional groups attached to an aromatic ring is 1. The highest BCUT2D eigenvalue weighted by molar-refractivity contribution is 9.09. The Kier molecular flexibility index (Phi) is 4.39. The summed E-state index contributed by atoms with van der Waals surface area (Å²) in [7, 11) is 0. The van der Waals surface area contributed by atoms with Gasteiger partial charge in [-0.3, -0.25) is 0 Å². The molecule has 0 aliphatic rings. The Morgan fingerprint density at radius 2 is 2.29 bits per heavy atom. The lowest BCUT2D eigenvalue weighted by molar-refractivity contribution is 0.743. The van der Waals surface area contributed by atoms with Crippen molar-refractivity contribution in [2.24, 2.45) is 0 Å². The van der Waals surface area contributed by atoms with Crippen LogP contribution >= 0.6 is 15.9 Å². The number of anilines is 1. The van der Waals surface area contributed by atoms with Gasteiger partial charge in [-0.2, -0.15) is 0 Å². The van der Waals surface area contributed by atoms with Gasteiger partial charge in [0.2, 0.25) is 0 Å². The highest BCUT2D eigenvalue weighted by atomic mass is 79.9. The van der Waals surface area contributed by atoms with Crippen LogP contribution in [-0.4, -0.2) is 9.81 Å². The van der Waals surface area contributed by atoms with Crippen molar-refractivity contribution in [1.82, 2.24) is 4.98 Å². The average Bonchev–Trinajstić information content (AvgIpc) is 2.16. The second-order valence-corrected chi connectivity index (χ2v) is 4.83. The summed E-state index contributed by atoms with van der Waals surface area (Å²) in [6, 6.07) is 2.01. The summed E-state index contributed by atoms with van der Waals surface area (Å²) in [5.74, 6) is 0.681. The number of pyridine rings is 1. The third kappa shape index (κ3) is 2.98. The molecule has 1 rings (SSSR count). The number of nitrogens with two attached hydrogens (primary N) is 1. The summed E-state index contributed by atoms with van der Waals surface area (Å²) in [6.45, 7) is 4.27. The van der Waals surface area contributed by atoms with Crippen LogP contribution in [0.4, 0.5) is 5.82 Å². The maximum atomic E-state index is 5.82. The molecule has 0 aliphatic carbocycles. The number of hydrogen-bond acceptors (Lipinski definition) is 2. The number of halogens is 1. The standard InChI is InChI=1S/C11H17BrN2/c1-3-9(12)4-5-10-8(2)6-7-14-11(10)13/h6-7,9H,3-5H2,1-2H3,(H2,13,14). The van der Waals surface area contributed by atoms with Crippen LogP contribution in [0.15, 0.2) is 12.3 Å². The van der Waals surface area contributed by atoms with Crippen molar-refractivity contribution in [3.05, 3.63) is 23.4 Å². The predicted octanol–water partition coefficient (Wildman–Crippen LogP) is 3.08. The molecule has 1 aromatic heterocycles. The molecular weight excluding hydrogens is 240 g/mol. The molecule has 2 nitrogen and oxygen atoms in total. The van der Waals surface area contributed by atoms with Gasteiger partial charge in [0, 0.05) is 11.0 Å². The molecular formula is C11H17BrN2. The fraction of sp³-hybridized carbons (Fsp3) is 0.545. The van der Waals surface area contributed by atoms with Gasteiger partial charge >= 0.3 is 0 Å². The minimum Gasteiger partial charge on any atom is -0.383 e. The Bertz CT molecular complexity index is 279. The van der Waals surface area contributed by atoms with Crippen molar-refractivity contribution in [1.29, 1.82) is 0 Å². The predicted molar refractivity (Wildman–Crippen MR) is 64.7 cm³/mol. The largest absolute Gasteiger partial charge is 0.383 e. The minimum atomic E-state index is 0.585. The van der Waals surface area contributed by atoms with Crippen LogP contribution in [-0.2, 0) is 6.42 Å². The van der Waals surface area contributed by atoms with E-state index in [2.05, 4.69) is 34.8 Å². The fourth-order valence-corrected chi connectivity index (χ4v) is 1.67. The molecule has 1 atom stereocenters. The van der Waals surface area contributed by atoms with Gasteiger partial charge in [0.1, 0.15) is 5.82 Å². The third-order valence-electron chi connectivity index (χ3n) is 2.47. The molecule has 78 valence electrons. The Balaban J connectivity index is 2.66. The van der Waals surface area contributed by atoms with Gasteiger partial charge in [-0.15, -0.1) is 0 Å². The van der Waals surface area contributed by atoms with E-state index in [9.17, 15) is 0 Å². The zero-order chi connectivity index (χ0) is 10.6. The van der Waals surface area contributed by atoms with Gasteiger partial charge in [0.25, 0.3) is 0 Å². The van der Waals surface area contributed by atoms with Crippen molar-refractivity contribution in [3.8, 4) is 0 Å². The van der Waals surface area contributed by atoms with Gasteiger partial charge in [-0.25, -0.2) is 4.98 Å². The van der Waals surface area contributed by atoms with Crippen molar-refractivity contribution >= 4 is 21.7 Å². The molecule has 0 bridgehead atoms. The first-order chi connectivity index (χ1) is 6.65. The molecule has 0 fully saturated rings. The van der Waals surface area contributed by atoms with Crippen LogP contribution in [0, 0.1) is 6.92 Å². The lowest BCUT2D eigenvalue weighted by atomic mass is 10.0. The smallest absolute Gasteiger partial charge is 0.126 e. The molecule has 0 saturated carbocycles. The molecule has 14 heavy (non-hydrogen) atoms. The molecule has 2 N–H and O–H groups in total. The zero-order valence-corrected chi connectivity index (χ0v) is 10.3. The lowest BCUT2D eigenvalue weighted by Crippen LogP contribution is -2.04. The van der Waals surface area contributed by atoms with Crippen LogP contribution in [0.1, 0.15) is 30.9 Å². The Labute approximate surface area is 94.0 Å². The Morgan fingerprint density at radius 1 is 1.57 bits per heavy atom. The fourth-order valence-electron chi connectivity index (χ4n) is 1.44. The van der Waals surface area contributed by atoms with E-state index in [4.69, 9.17) is 5.73 Å². The first-order valence-electron chi connectivity index (χ1n) is 4.99. The van der Waals surface area contributed by atoms with E-state index in [1.165, 1.54) is 11.1 Å². The maximum absolute atomic E-state index is 5.82. The molecule has 0 radical (unpaired) electrons. The van der Waals surface area contributed by atoms with Crippen molar-refractivity contribution < 1.29 is 0 Å². The van der Waals surface area contributed by atoms with E-state index in [1.807, 2.05) is 6.07 Å². The van der Waals surface area contributed by atoms with Gasteiger partial charge in [-0.1, -0.05) is 22.9 Å². The SMILES string of the molecule is CCC(Br)CCc1c(C)ccnc1N. The first-order valence-corrected chi connectivity index (χ1v) is 5.90. The van der Waals surface area contributed by atoms with E-state index < -0.39 is 0 Å². The van der Waals surface area contributed by atoms with Crippen LogP contribution in [0.2, 0.25) is 0 Å². The monoisotopic (exact) mass is 256 g/mol. The first kappa shape index (κ1) is 11.5. The zero-order valence-electron chi connectivity index (χ0n) is 8.76. The van der Waals surface area contributed by atoms with Gasteiger partial charge in [-0.05, 0) is 43.4 Å². The van der Waals surface area contributed by atoms with E-state index in [0.717, 1.165) is 19.3 Å². The van der Waals surface area contributed by atoms with Gasteiger partial charge in [0.05, 0.1) is 0 Å². The summed E-state index contributed by atoms with van der Waals surface area (Å²) in [4.78, 5) is 4.69. The number of alkyl halides is 1. The lowest BCUT2D eigenvalue weighted by Gasteiger charge is -2.10. The number of rotatable bonds is 4. The highest BCUT2D eigenvalue weighted by Crippen LogP contribution is 2.19. The van der Waals surface area contributed by atoms with E-state index >= 15 is 0 Å². The maximum Gasteiger partial charge on any atom is 0.126 e. The molecule has 3 heteroatoms. The summed E-state index contributed by atoms with van der Waals surface area (Å²) in [5.41, 5.74) is 8.27. The normalized spacial score (nSPS) is 12.8. The van der Waals surface area contributed by atoms with E-state index in [-0.39, 0.29) is 0 Å². The molecule has 1 heterocycles. The molecule has 1 unspecified atom stereocenters. The summed E-state index contributed by atoms with van der Waals surface area (Å²) < 4.78 is 0. The topological polar surface area (TPSA) is 38.9 Å². The molecule has 1 aromatic rings. The van der Waals surface area contributed by atoms with Gasteiger partial charge in [0.15, 0.2) is 0 Å². The second kappa shape index (κ2) is 5.35. The van der Waals surface area contributed by atoms with Crippen LogP contribution in [0.5, 0.6) is 0 Å². The highest BCUT2D eigenvalue weighted by Gasteiger charge is 2.06. The molecule has 0 aliphatic heterocycles.